The average molecular weight is 450 g/mol. The first-order chi connectivity index (χ1) is 14.3. The zero-order valence-corrected chi connectivity index (χ0v) is 17.9. The van der Waals surface area contributed by atoms with E-state index in [4.69, 9.17) is 4.42 Å². The predicted molar refractivity (Wildman–Crippen MR) is 114 cm³/mol. The molecule has 1 aromatic heterocycles. The second-order valence-electron chi connectivity index (χ2n) is 6.34. The molecule has 0 radical (unpaired) electrons. The maximum absolute atomic E-state index is 13.5. The lowest BCUT2D eigenvalue weighted by molar-refractivity contribution is -0.118. The summed E-state index contributed by atoms with van der Waals surface area (Å²) in [5, 5.41) is 2.76. The van der Waals surface area contributed by atoms with Gasteiger partial charge in [0.2, 0.25) is 11.8 Å². The number of hydrogen-bond donors (Lipinski definition) is 2. The highest BCUT2D eigenvalue weighted by atomic mass is 32.2. The number of benzene rings is 2. The maximum Gasteiger partial charge on any atom is 0.262 e. The zero-order chi connectivity index (χ0) is 21.7. The van der Waals surface area contributed by atoms with Crippen molar-refractivity contribution >= 4 is 33.4 Å². The Bertz CT molecular complexity index is 1160. The zero-order valence-electron chi connectivity index (χ0n) is 16.3. The van der Waals surface area contributed by atoms with Crippen molar-refractivity contribution in [1.29, 1.82) is 0 Å². The first kappa shape index (κ1) is 21.8. The molecule has 2 N–H and O–H groups in total. The van der Waals surface area contributed by atoms with Crippen molar-refractivity contribution in [2.45, 2.75) is 18.4 Å². The molecule has 0 spiro atoms. The second-order valence-corrected chi connectivity index (χ2v) is 8.89. The fourth-order valence-corrected chi connectivity index (χ4v) is 4.14. The highest BCUT2D eigenvalue weighted by Gasteiger charge is 2.20. The van der Waals surface area contributed by atoms with Crippen molar-refractivity contribution in [1.82, 2.24) is 10.3 Å². The van der Waals surface area contributed by atoms with E-state index in [2.05, 4.69) is 15.0 Å². The third-order valence-corrected chi connectivity index (χ3v) is 6.04. The van der Waals surface area contributed by atoms with Crippen LogP contribution >= 0.6 is 11.8 Å². The lowest BCUT2D eigenvalue weighted by atomic mass is 10.2. The summed E-state index contributed by atoms with van der Waals surface area (Å²) in [5.74, 6) is 0.294. The molecule has 0 saturated carbocycles. The summed E-state index contributed by atoms with van der Waals surface area (Å²) in [6, 6.07) is 11.3. The minimum atomic E-state index is -4.02. The molecule has 0 fully saturated rings. The molecule has 3 rings (SSSR count). The number of para-hydroxylation sites is 1. The fraction of sp³-hybridized carbons (Fsp3) is 0.200. The first-order valence-corrected chi connectivity index (χ1v) is 11.8. The summed E-state index contributed by atoms with van der Waals surface area (Å²) in [6.45, 7) is 1.91. The van der Waals surface area contributed by atoms with Crippen molar-refractivity contribution < 1.29 is 22.0 Å². The average Bonchev–Trinajstić information content (AvgIpc) is 3.07. The highest BCUT2D eigenvalue weighted by molar-refractivity contribution is 7.99. The Morgan fingerprint density at radius 3 is 2.70 bits per heavy atom. The van der Waals surface area contributed by atoms with E-state index in [0.29, 0.717) is 22.8 Å². The highest BCUT2D eigenvalue weighted by Crippen LogP contribution is 2.30. The van der Waals surface area contributed by atoms with Crippen LogP contribution in [0.25, 0.3) is 11.5 Å². The minimum Gasteiger partial charge on any atom is -0.441 e. The van der Waals surface area contributed by atoms with E-state index in [1.54, 1.807) is 31.2 Å². The molecule has 0 aliphatic carbocycles. The summed E-state index contributed by atoms with van der Waals surface area (Å²) in [7, 11) is -4.02. The van der Waals surface area contributed by atoms with Gasteiger partial charge < -0.3 is 9.73 Å². The normalized spacial score (nSPS) is 11.3. The van der Waals surface area contributed by atoms with Crippen LogP contribution in [-0.2, 0) is 21.4 Å². The van der Waals surface area contributed by atoms with Crippen molar-refractivity contribution in [2.24, 2.45) is 0 Å². The van der Waals surface area contributed by atoms with Gasteiger partial charge in [-0.25, -0.2) is 17.8 Å². The van der Waals surface area contributed by atoms with E-state index in [0.717, 1.165) is 6.07 Å². The summed E-state index contributed by atoms with van der Waals surface area (Å²) in [6.07, 6.45) is 1.83. The smallest absolute Gasteiger partial charge is 0.262 e. The largest absolute Gasteiger partial charge is 0.441 e. The van der Waals surface area contributed by atoms with E-state index >= 15 is 0 Å². The van der Waals surface area contributed by atoms with Gasteiger partial charge in [0, 0.05) is 0 Å². The van der Waals surface area contributed by atoms with Crippen LogP contribution < -0.4 is 10.0 Å². The number of nitrogens with zero attached hydrogens (tertiary/aromatic N) is 1. The van der Waals surface area contributed by atoms with Gasteiger partial charge >= 0.3 is 0 Å². The molecule has 0 aliphatic heterocycles. The van der Waals surface area contributed by atoms with Gasteiger partial charge in [0.1, 0.15) is 17.3 Å². The van der Waals surface area contributed by atoms with Gasteiger partial charge in [0.05, 0.1) is 28.4 Å². The van der Waals surface area contributed by atoms with Crippen LogP contribution in [0.5, 0.6) is 0 Å². The number of aromatic nitrogens is 1. The van der Waals surface area contributed by atoms with Crippen LogP contribution in [0.2, 0.25) is 0 Å². The van der Waals surface area contributed by atoms with E-state index in [9.17, 15) is 17.6 Å². The molecule has 158 valence electrons. The molecule has 10 heteroatoms. The number of anilines is 1. The van der Waals surface area contributed by atoms with Crippen LogP contribution in [-0.4, -0.2) is 31.3 Å². The van der Waals surface area contributed by atoms with Gasteiger partial charge in [-0.1, -0.05) is 18.2 Å². The topological polar surface area (TPSA) is 101 Å². The monoisotopic (exact) mass is 449 g/mol. The first-order valence-electron chi connectivity index (χ1n) is 8.90. The summed E-state index contributed by atoms with van der Waals surface area (Å²) in [4.78, 5) is 15.9. The number of oxazole rings is 1. The van der Waals surface area contributed by atoms with Gasteiger partial charge in [0.25, 0.3) is 10.0 Å². The number of sulfonamides is 1. The maximum atomic E-state index is 13.5. The van der Waals surface area contributed by atoms with Gasteiger partial charge in [-0.15, -0.1) is 0 Å². The molecule has 0 unspecified atom stereocenters. The number of carbonyl (C=O) groups excluding carboxylic acids is 1. The molecule has 2 aromatic carbocycles. The van der Waals surface area contributed by atoms with Crippen LogP contribution in [0.1, 0.15) is 11.5 Å². The lowest BCUT2D eigenvalue weighted by Crippen LogP contribution is -2.24. The fourth-order valence-electron chi connectivity index (χ4n) is 2.67. The molecule has 30 heavy (non-hydrogen) atoms. The van der Waals surface area contributed by atoms with Gasteiger partial charge in [-0.05, 0) is 43.5 Å². The summed E-state index contributed by atoms with van der Waals surface area (Å²) >= 11 is 1.41. The molecule has 0 aliphatic rings. The van der Waals surface area contributed by atoms with E-state index in [1.165, 1.54) is 30.0 Å². The number of thioether (sulfide) groups is 1. The molecular weight excluding hydrogens is 429 g/mol. The Morgan fingerprint density at radius 1 is 1.20 bits per heavy atom. The van der Waals surface area contributed by atoms with Gasteiger partial charge in [0.15, 0.2) is 0 Å². The Morgan fingerprint density at radius 2 is 1.97 bits per heavy atom. The molecule has 0 saturated heterocycles. The Labute approximate surface area is 178 Å². The number of aryl methyl sites for hydroxylation is 1. The number of nitrogens with one attached hydrogen (secondary N) is 2. The van der Waals surface area contributed by atoms with E-state index in [-0.39, 0.29) is 28.9 Å². The standard InChI is InChI=1S/C20H20FN3O4S2/c1-13-18(11-22-19(25)12-29-2)23-20(28-13)16-8-3-4-9-17(16)24-30(26,27)15-7-5-6-14(21)10-15/h3-10,24H,11-12H2,1-2H3,(H,22,25). The molecule has 1 heterocycles. The van der Waals surface area contributed by atoms with Gasteiger partial charge in [-0.2, -0.15) is 11.8 Å². The molecule has 1 amide bonds. The molecular formula is C20H20FN3O4S2. The minimum absolute atomic E-state index is 0.116. The quantitative estimate of drug-likeness (QED) is 0.545. The number of rotatable bonds is 8. The number of halogens is 1. The summed E-state index contributed by atoms with van der Waals surface area (Å²) in [5.41, 5.74) is 1.20. The Balaban J connectivity index is 1.87. The molecule has 7 nitrogen and oxygen atoms in total. The number of amides is 1. The van der Waals surface area contributed by atoms with Crippen LogP contribution in [0, 0.1) is 12.7 Å². The lowest BCUT2D eigenvalue weighted by Gasteiger charge is -2.11. The van der Waals surface area contributed by atoms with Gasteiger partial charge in [-0.3, -0.25) is 9.52 Å². The molecule has 0 atom stereocenters. The van der Waals surface area contributed by atoms with Crippen molar-refractivity contribution in [3.63, 3.8) is 0 Å². The van der Waals surface area contributed by atoms with Crippen molar-refractivity contribution in [3.8, 4) is 11.5 Å². The number of hydrogen-bond acceptors (Lipinski definition) is 6. The van der Waals surface area contributed by atoms with E-state index in [1.807, 2.05) is 6.26 Å². The molecule has 0 bridgehead atoms. The Hall–Kier alpha value is -2.85. The third kappa shape index (κ3) is 5.19. The second kappa shape index (κ2) is 9.31. The third-order valence-electron chi connectivity index (χ3n) is 4.13. The molecule has 3 aromatic rings. The van der Waals surface area contributed by atoms with E-state index < -0.39 is 15.8 Å². The summed E-state index contributed by atoms with van der Waals surface area (Å²) < 4.78 is 47.0. The van der Waals surface area contributed by atoms with Crippen LogP contribution in [0.4, 0.5) is 10.1 Å². The van der Waals surface area contributed by atoms with Crippen molar-refractivity contribution in [3.05, 3.63) is 65.8 Å². The Kier molecular flexibility index (Phi) is 6.78. The van der Waals surface area contributed by atoms with Crippen molar-refractivity contribution in [2.75, 3.05) is 16.7 Å². The van der Waals surface area contributed by atoms with Crippen LogP contribution in [0.3, 0.4) is 0 Å². The number of carbonyl (C=O) groups is 1. The van der Waals surface area contributed by atoms with Crippen LogP contribution in [0.15, 0.2) is 57.8 Å². The SMILES string of the molecule is CSCC(=O)NCc1nc(-c2ccccc2NS(=O)(=O)c2cccc(F)c2)oc1C. The predicted octanol–water partition coefficient (Wildman–Crippen LogP) is 3.57.